The molecule has 3 aliphatic rings. The van der Waals surface area contributed by atoms with Crippen molar-refractivity contribution in [2.75, 3.05) is 5.32 Å². The highest BCUT2D eigenvalue weighted by atomic mass is 16.2. The van der Waals surface area contributed by atoms with E-state index in [0.717, 1.165) is 30.5 Å². The molecule has 3 heterocycles. The summed E-state index contributed by atoms with van der Waals surface area (Å²) >= 11 is 0. The zero-order chi connectivity index (χ0) is 24.6. The number of nitrogens with zero attached hydrogens (tertiary/aromatic N) is 1. The number of para-hydroxylation sites is 1. The third-order valence-electron chi connectivity index (χ3n) is 7.81. The van der Waals surface area contributed by atoms with Gasteiger partial charge < -0.3 is 15.5 Å². The number of piperazine rings is 1. The number of fused-ring (bicyclic) bond motifs is 5. The van der Waals surface area contributed by atoms with Crippen molar-refractivity contribution in [1.29, 1.82) is 0 Å². The summed E-state index contributed by atoms with van der Waals surface area (Å²) in [6.45, 7) is 6.45. The van der Waals surface area contributed by atoms with Crippen LogP contribution in [0.3, 0.4) is 0 Å². The second-order valence-corrected chi connectivity index (χ2v) is 10.5. The van der Waals surface area contributed by atoms with E-state index in [0.29, 0.717) is 12.8 Å². The molecule has 3 aliphatic heterocycles. The Morgan fingerprint density at radius 1 is 1.00 bits per heavy atom. The molecule has 2 N–H and O–H groups in total. The van der Waals surface area contributed by atoms with Crippen LogP contribution in [0.25, 0.3) is 0 Å². The number of hydrogen-bond acceptors (Lipinski definition) is 3. The van der Waals surface area contributed by atoms with Crippen molar-refractivity contribution in [2.24, 2.45) is 0 Å². The minimum atomic E-state index is -0.538. The highest BCUT2D eigenvalue weighted by Crippen LogP contribution is 2.54. The molecule has 4 atom stereocenters. The predicted molar refractivity (Wildman–Crippen MR) is 140 cm³/mol. The van der Waals surface area contributed by atoms with E-state index in [1.165, 1.54) is 16.7 Å². The van der Waals surface area contributed by atoms with Gasteiger partial charge >= 0.3 is 0 Å². The monoisotopic (exact) mass is 469 g/mol. The topological polar surface area (TPSA) is 61.4 Å². The van der Waals surface area contributed by atoms with Gasteiger partial charge in [-0.3, -0.25) is 9.59 Å². The van der Waals surface area contributed by atoms with Gasteiger partial charge in [-0.15, -0.1) is 0 Å². The second kappa shape index (κ2) is 9.37. The predicted octanol–water partition coefficient (Wildman–Crippen LogP) is 5.10. The van der Waals surface area contributed by atoms with Crippen LogP contribution < -0.4 is 10.6 Å². The normalized spacial score (nSPS) is 27.0. The number of hydrogen-bond donors (Lipinski definition) is 2. The van der Waals surface area contributed by atoms with E-state index in [9.17, 15) is 9.59 Å². The summed E-state index contributed by atoms with van der Waals surface area (Å²) in [5, 5.41) is 6.68. The van der Waals surface area contributed by atoms with Crippen LogP contribution in [-0.4, -0.2) is 35.0 Å². The first-order chi connectivity index (χ1) is 16.9. The first-order valence-corrected chi connectivity index (χ1v) is 12.7. The van der Waals surface area contributed by atoms with Gasteiger partial charge in [0.2, 0.25) is 11.8 Å². The van der Waals surface area contributed by atoms with Crippen LogP contribution in [0.15, 0.2) is 77.9 Å². The van der Waals surface area contributed by atoms with Gasteiger partial charge in [-0.05, 0) is 63.6 Å². The van der Waals surface area contributed by atoms with Gasteiger partial charge in [-0.25, -0.2) is 0 Å². The lowest BCUT2D eigenvalue weighted by Crippen LogP contribution is -2.64. The number of rotatable bonds is 7. The van der Waals surface area contributed by atoms with E-state index in [1.54, 1.807) is 0 Å². The number of amides is 2. The first kappa shape index (κ1) is 23.4. The minimum Gasteiger partial charge on any atom is -0.364 e. The van der Waals surface area contributed by atoms with E-state index < -0.39 is 12.1 Å². The SMILES string of the molecule is CC(C)=CCC/C(C)=C/C[C@]12C[C@H]3C(=O)N[C@@H](Cc4ccccc4)C(=O)N3[C@H]1Nc1ccccc12. The zero-order valence-electron chi connectivity index (χ0n) is 20.9. The van der Waals surface area contributed by atoms with Crippen LogP contribution in [0.1, 0.15) is 57.6 Å². The summed E-state index contributed by atoms with van der Waals surface area (Å²) in [6.07, 6.45) is 8.39. The molecule has 2 aromatic carbocycles. The van der Waals surface area contributed by atoms with Crippen molar-refractivity contribution in [3.8, 4) is 0 Å². The summed E-state index contributed by atoms with van der Waals surface area (Å²) in [7, 11) is 0. The summed E-state index contributed by atoms with van der Waals surface area (Å²) in [4.78, 5) is 28.9. The van der Waals surface area contributed by atoms with Crippen LogP contribution >= 0.6 is 0 Å². The molecule has 2 saturated heterocycles. The molecule has 0 unspecified atom stereocenters. The fourth-order valence-corrected chi connectivity index (χ4v) is 6.01. The summed E-state index contributed by atoms with van der Waals surface area (Å²) in [6, 6.07) is 17.3. The number of carbonyl (C=O) groups is 2. The van der Waals surface area contributed by atoms with Crippen LogP contribution in [0.2, 0.25) is 0 Å². The van der Waals surface area contributed by atoms with E-state index in [2.05, 4.69) is 61.8 Å². The molecule has 0 bridgehead atoms. The Balaban J connectivity index is 1.44. The van der Waals surface area contributed by atoms with Gasteiger partial charge in [0.25, 0.3) is 0 Å². The molecule has 35 heavy (non-hydrogen) atoms. The minimum absolute atomic E-state index is 0.00916. The molecule has 0 spiro atoms. The Bertz CT molecular complexity index is 1180. The van der Waals surface area contributed by atoms with E-state index in [1.807, 2.05) is 41.3 Å². The van der Waals surface area contributed by atoms with Crippen LogP contribution in [0, 0.1) is 0 Å². The zero-order valence-corrected chi connectivity index (χ0v) is 20.9. The van der Waals surface area contributed by atoms with Crippen LogP contribution in [0.5, 0.6) is 0 Å². The second-order valence-electron chi connectivity index (χ2n) is 10.5. The summed E-state index contributed by atoms with van der Waals surface area (Å²) < 4.78 is 0. The molecule has 2 aromatic rings. The molecule has 0 aliphatic carbocycles. The highest BCUT2D eigenvalue weighted by molar-refractivity contribution is 5.99. The van der Waals surface area contributed by atoms with Gasteiger partial charge in [0.1, 0.15) is 18.2 Å². The van der Waals surface area contributed by atoms with Gasteiger partial charge in [0.05, 0.1) is 0 Å². The van der Waals surface area contributed by atoms with Gasteiger partial charge in [-0.2, -0.15) is 0 Å². The smallest absolute Gasteiger partial charge is 0.247 e. The Morgan fingerprint density at radius 2 is 1.74 bits per heavy atom. The summed E-state index contributed by atoms with van der Waals surface area (Å²) in [5.41, 5.74) is 5.72. The average Bonchev–Trinajstić information content (AvgIpc) is 3.33. The average molecular weight is 470 g/mol. The van der Waals surface area contributed by atoms with E-state index in [-0.39, 0.29) is 23.4 Å². The third kappa shape index (κ3) is 4.29. The molecule has 2 amide bonds. The molecular weight excluding hydrogens is 434 g/mol. The number of nitrogens with one attached hydrogen (secondary N) is 2. The van der Waals surface area contributed by atoms with Gasteiger partial charge in [-0.1, -0.05) is 71.8 Å². The van der Waals surface area contributed by atoms with Crippen molar-refractivity contribution >= 4 is 17.5 Å². The molecule has 2 fully saturated rings. The Labute approximate surface area is 208 Å². The third-order valence-corrected chi connectivity index (χ3v) is 7.81. The maximum absolute atomic E-state index is 13.8. The highest BCUT2D eigenvalue weighted by Gasteiger charge is 2.62. The van der Waals surface area contributed by atoms with Crippen molar-refractivity contribution in [3.05, 3.63) is 89.0 Å². The van der Waals surface area contributed by atoms with Crippen molar-refractivity contribution in [3.63, 3.8) is 0 Å². The maximum Gasteiger partial charge on any atom is 0.247 e. The quantitative estimate of drug-likeness (QED) is 0.555. The Kier molecular flexibility index (Phi) is 6.26. The molecule has 5 rings (SSSR count). The molecule has 5 nitrogen and oxygen atoms in total. The summed E-state index contributed by atoms with van der Waals surface area (Å²) in [5.74, 6) is -0.0299. The molecule has 182 valence electrons. The van der Waals surface area contributed by atoms with Crippen molar-refractivity contribution in [1.82, 2.24) is 10.2 Å². The van der Waals surface area contributed by atoms with Gasteiger partial charge in [0.15, 0.2) is 0 Å². The lowest BCUT2D eigenvalue weighted by molar-refractivity contribution is -0.148. The fourth-order valence-electron chi connectivity index (χ4n) is 6.01. The Morgan fingerprint density at radius 3 is 2.51 bits per heavy atom. The number of anilines is 1. The van der Waals surface area contributed by atoms with Gasteiger partial charge in [0, 0.05) is 17.5 Å². The molecule has 0 aromatic heterocycles. The lowest BCUT2D eigenvalue weighted by atomic mass is 9.75. The Hall–Kier alpha value is -3.34. The number of benzene rings is 2. The van der Waals surface area contributed by atoms with Crippen LogP contribution in [-0.2, 0) is 21.4 Å². The maximum atomic E-state index is 13.8. The van der Waals surface area contributed by atoms with Crippen molar-refractivity contribution in [2.45, 2.75) is 76.5 Å². The van der Waals surface area contributed by atoms with E-state index >= 15 is 0 Å². The molecular formula is C30H35N3O2. The fraction of sp³-hybridized carbons (Fsp3) is 0.400. The van der Waals surface area contributed by atoms with E-state index in [4.69, 9.17) is 0 Å². The molecule has 0 saturated carbocycles. The molecule has 5 heteroatoms. The molecule has 0 radical (unpaired) electrons. The number of allylic oxidation sites excluding steroid dienone is 4. The standard InChI is InChI=1S/C30H35N3O2/c1-20(2)10-9-11-21(3)16-17-30-19-26-27(34)31-25(18-22-12-5-4-6-13-22)28(35)33(26)29(30)32-24-15-8-7-14-23(24)30/h4-8,10,12-16,25-26,29,32H,9,11,17-19H2,1-3H3,(H,31,34)/b21-16+/t25-,26-,29+,30+/m0/s1. The van der Waals surface area contributed by atoms with Crippen molar-refractivity contribution < 1.29 is 9.59 Å². The number of carbonyl (C=O) groups excluding carboxylic acids is 2. The van der Waals surface area contributed by atoms with Crippen LogP contribution in [0.4, 0.5) is 5.69 Å². The lowest BCUT2D eigenvalue weighted by Gasteiger charge is -2.38. The first-order valence-electron chi connectivity index (χ1n) is 12.7. The largest absolute Gasteiger partial charge is 0.364 e.